The Bertz CT molecular complexity index is 215. The fourth-order valence-corrected chi connectivity index (χ4v) is 0.784. The predicted molar refractivity (Wildman–Crippen MR) is 25.6 cm³/mol. The van der Waals surface area contributed by atoms with Crippen LogP contribution >= 0.6 is 0 Å². The summed E-state index contributed by atoms with van der Waals surface area (Å²) in [5.41, 5.74) is 0. The van der Waals surface area contributed by atoms with Gasteiger partial charge in [-0.2, -0.15) is 0 Å². The minimum atomic E-state index is -4.69. The van der Waals surface area contributed by atoms with Crippen molar-refractivity contribution in [2.75, 3.05) is 5.75 Å². The first-order chi connectivity index (χ1) is 4.33. The van der Waals surface area contributed by atoms with Crippen molar-refractivity contribution in [3.8, 4) is 0 Å². The Morgan fingerprint density at radius 3 is 2.10 bits per heavy atom. The van der Waals surface area contributed by atoms with Crippen molar-refractivity contribution in [1.82, 2.24) is 0 Å². The summed E-state index contributed by atoms with van der Waals surface area (Å²) in [4.78, 5) is 9.61. The Balaban J connectivity index is 4.06. The first-order valence-corrected chi connectivity index (χ1v) is 3.73. The number of aliphatic hydroxyl groups excluding tert-OH is 1. The molecule has 7 heteroatoms. The highest BCUT2D eigenvalue weighted by Crippen LogP contribution is 1.87. The highest BCUT2D eigenvalue weighted by atomic mass is 32.2. The number of carboxylic acids is 1. The molecular formula is C3H4O6S-2. The first-order valence-electron chi connectivity index (χ1n) is 2.15. The molecule has 0 saturated heterocycles. The van der Waals surface area contributed by atoms with Crippen LogP contribution in [0.3, 0.4) is 0 Å². The van der Waals surface area contributed by atoms with Crippen LogP contribution in [-0.2, 0) is 14.9 Å². The van der Waals surface area contributed by atoms with Crippen molar-refractivity contribution >= 4 is 16.1 Å². The lowest BCUT2D eigenvalue weighted by Gasteiger charge is -2.13. The molecular weight excluding hydrogens is 164 g/mol. The van der Waals surface area contributed by atoms with Crippen molar-refractivity contribution in [3.05, 3.63) is 0 Å². The van der Waals surface area contributed by atoms with E-state index in [2.05, 4.69) is 0 Å². The van der Waals surface area contributed by atoms with Crippen molar-refractivity contribution in [2.45, 2.75) is 6.10 Å². The first kappa shape index (κ1) is 9.34. The third kappa shape index (κ3) is 4.24. The molecule has 0 aromatic rings. The lowest BCUT2D eigenvalue weighted by atomic mass is 10.4. The van der Waals surface area contributed by atoms with Gasteiger partial charge in [-0.05, 0) is 0 Å². The number of hydrogen-bond acceptors (Lipinski definition) is 6. The highest BCUT2D eigenvalue weighted by molar-refractivity contribution is 7.85. The summed E-state index contributed by atoms with van der Waals surface area (Å²) in [5.74, 6) is -3.32. The maximum atomic E-state index is 9.74. The van der Waals surface area contributed by atoms with E-state index in [1.54, 1.807) is 0 Å². The van der Waals surface area contributed by atoms with Gasteiger partial charge in [0.05, 0.1) is 21.8 Å². The molecule has 0 aromatic carbocycles. The van der Waals surface area contributed by atoms with E-state index in [9.17, 15) is 22.9 Å². The molecule has 0 aliphatic heterocycles. The van der Waals surface area contributed by atoms with E-state index in [0.717, 1.165) is 0 Å². The van der Waals surface area contributed by atoms with Gasteiger partial charge in [-0.3, -0.25) is 0 Å². The molecule has 0 unspecified atom stereocenters. The zero-order valence-corrected chi connectivity index (χ0v) is 5.50. The van der Waals surface area contributed by atoms with Crippen LogP contribution in [0.25, 0.3) is 0 Å². The summed E-state index contributed by atoms with van der Waals surface area (Å²) in [6.45, 7) is 0. The van der Waals surface area contributed by atoms with Crippen molar-refractivity contribution in [1.29, 1.82) is 0 Å². The SMILES string of the molecule is O=C([O-])[C@H](O)CS(=O)(=O)[O-]. The zero-order chi connectivity index (χ0) is 8.36. The average Bonchev–Trinajstić information content (AvgIpc) is 1.60. The normalized spacial score (nSPS) is 14.6. The van der Waals surface area contributed by atoms with Crippen LogP contribution in [0.2, 0.25) is 0 Å². The summed E-state index contributed by atoms with van der Waals surface area (Å²) in [6.07, 6.45) is -2.23. The molecule has 60 valence electrons. The molecule has 0 bridgehead atoms. The molecule has 0 aliphatic carbocycles. The molecule has 0 saturated carbocycles. The Labute approximate surface area is 56.8 Å². The van der Waals surface area contributed by atoms with Gasteiger partial charge in [0.15, 0.2) is 0 Å². The Morgan fingerprint density at radius 2 is 2.00 bits per heavy atom. The Hall–Kier alpha value is -0.660. The molecule has 0 radical (unpaired) electrons. The van der Waals surface area contributed by atoms with E-state index in [1.807, 2.05) is 0 Å². The maximum absolute atomic E-state index is 9.74. The van der Waals surface area contributed by atoms with Crippen LogP contribution in [0.4, 0.5) is 0 Å². The van der Waals surface area contributed by atoms with Gasteiger partial charge in [0.2, 0.25) is 0 Å². The molecule has 10 heavy (non-hydrogen) atoms. The fraction of sp³-hybridized carbons (Fsp3) is 0.667. The zero-order valence-electron chi connectivity index (χ0n) is 4.68. The largest absolute Gasteiger partial charge is 0.748 e. The number of carbonyl (C=O) groups is 1. The topological polar surface area (TPSA) is 118 Å². The Morgan fingerprint density at radius 1 is 1.60 bits per heavy atom. The predicted octanol–water partition coefficient (Wildman–Crippen LogP) is -3.36. The summed E-state index contributed by atoms with van der Waals surface area (Å²) in [6, 6.07) is 0. The number of rotatable bonds is 3. The smallest absolute Gasteiger partial charge is 0.106 e. The lowest BCUT2D eigenvalue weighted by molar-refractivity contribution is -0.313. The van der Waals surface area contributed by atoms with Crippen LogP contribution in [0.5, 0.6) is 0 Å². The number of hydrogen-bond donors (Lipinski definition) is 1. The standard InChI is InChI=1S/C3H6O6S/c4-2(3(5)6)1-10(7,8)9/h2,4H,1H2,(H,5,6)(H,7,8,9)/p-2/t2-/m1/s1. The van der Waals surface area contributed by atoms with Crippen LogP contribution < -0.4 is 5.11 Å². The van der Waals surface area contributed by atoms with Gasteiger partial charge in [0.25, 0.3) is 0 Å². The minimum Gasteiger partial charge on any atom is -0.748 e. The van der Waals surface area contributed by atoms with E-state index in [1.165, 1.54) is 0 Å². The second-order valence-corrected chi connectivity index (χ2v) is 3.01. The van der Waals surface area contributed by atoms with Gasteiger partial charge in [-0.15, -0.1) is 0 Å². The summed E-state index contributed by atoms with van der Waals surface area (Å²) in [7, 11) is -4.69. The van der Waals surface area contributed by atoms with Gasteiger partial charge in [0.1, 0.15) is 6.10 Å². The van der Waals surface area contributed by atoms with Crippen LogP contribution in [0.15, 0.2) is 0 Å². The molecule has 0 rings (SSSR count). The summed E-state index contributed by atoms with van der Waals surface area (Å²) in [5, 5.41) is 17.8. The molecule has 6 nitrogen and oxygen atoms in total. The fourth-order valence-electron chi connectivity index (χ4n) is 0.261. The van der Waals surface area contributed by atoms with E-state index < -0.39 is 27.9 Å². The quantitative estimate of drug-likeness (QED) is 0.440. The molecule has 0 spiro atoms. The van der Waals surface area contributed by atoms with Crippen LogP contribution in [-0.4, -0.2) is 35.9 Å². The second kappa shape index (κ2) is 2.95. The van der Waals surface area contributed by atoms with E-state index in [4.69, 9.17) is 5.11 Å². The minimum absolute atomic E-state index is 1.35. The highest BCUT2D eigenvalue weighted by Gasteiger charge is 2.08. The maximum Gasteiger partial charge on any atom is 0.106 e. The molecule has 0 amide bonds. The van der Waals surface area contributed by atoms with E-state index in [0.29, 0.717) is 0 Å². The van der Waals surface area contributed by atoms with Gasteiger partial charge in [0, 0.05) is 0 Å². The molecule has 0 aromatic heterocycles. The molecule has 1 atom stereocenters. The molecule has 0 aliphatic rings. The van der Waals surface area contributed by atoms with Crippen molar-refractivity contribution in [3.63, 3.8) is 0 Å². The van der Waals surface area contributed by atoms with Gasteiger partial charge >= 0.3 is 0 Å². The number of aliphatic hydroxyl groups is 1. The number of carbonyl (C=O) groups excluding carboxylic acids is 1. The van der Waals surface area contributed by atoms with Crippen molar-refractivity contribution in [2.24, 2.45) is 0 Å². The van der Waals surface area contributed by atoms with E-state index in [-0.39, 0.29) is 0 Å². The van der Waals surface area contributed by atoms with Gasteiger partial charge in [-0.1, -0.05) is 0 Å². The molecule has 1 N–H and O–H groups in total. The Kier molecular flexibility index (Phi) is 2.76. The summed E-state index contributed by atoms with van der Waals surface area (Å²) >= 11 is 0. The monoisotopic (exact) mass is 168 g/mol. The lowest BCUT2D eigenvalue weighted by Crippen LogP contribution is -2.39. The van der Waals surface area contributed by atoms with Crippen LogP contribution in [0, 0.1) is 0 Å². The number of aliphatic carboxylic acids is 1. The summed E-state index contributed by atoms with van der Waals surface area (Å²) < 4.78 is 29.2. The van der Waals surface area contributed by atoms with Crippen LogP contribution in [0.1, 0.15) is 0 Å². The number of carboxylic acid groups (broad SMARTS) is 1. The molecule has 0 heterocycles. The third-order valence-corrected chi connectivity index (χ3v) is 1.36. The van der Waals surface area contributed by atoms with Gasteiger partial charge < -0.3 is 19.6 Å². The molecule has 0 fully saturated rings. The second-order valence-electron chi connectivity index (χ2n) is 1.56. The van der Waals surface area contributed by atoms with Crippen molar-refractivity contribution < 1.29 is 28.0 Å². The third-order valence-electron chi connectivity index (χ3n) is 0.634. The van der Waals surface area contributed by atoms with Gasteiger partial charge in [-0.25, -0.2) is 8.42 Å². The van der Waals surface area contributed by atoms with E-state index >= 15 is 0 Å². The average molecular weight is 168 g/mol.